The maximum absolute atomic E-state index is 12.3. The van der Waals surface area contributed by atoms with Crippen LogP contribution in [0.2, 0.25) is 0 Å². The van der Waals surface area contributed by atoms with Crippen molar-refractivity contribution in [2.45, 2.75) is 38.0 Å². The molecule has 0 aliphatic heterocycles. The second-order valence-corrected chi connectivity index (χ2v) is 7.02. The van der Waals surface area contributed by atoms with Crippen LogP contribution >= 0.6 is 0 Å². The summed E-state index contributed by atoms with van der Waals surface area (Å²) in [5.41, 5.74) is 7.60. The van der Waals surface area contributed by atoms with Crippen LogP contribution in [0.15, 0.2) is 48.5 Å². The smallest absolute Gasteiger partial charge is 0.338 e. The van der Waals surface area contributed by atoms with Crippen LogP contribution < -0.4 is 11.1 Å². The van der Waals surface area contributed by atoms with Crippen molar-refractivity contribution in [1.29, 1.82) is 0 Å². The number of benzene rings is 2. The van der Waals surface area contributed by atoms with Gasteiger partial charge in [0.25, 0.3) is 0 Å². The van der Waals surface area contributed by atoms with Gasteiger partial charge in [-0.3, -0.25) is 4.79 Å². The molecule has 0 bridgehead atoms. The van der Waals surface area contributed by atoms with E-state index in [9.17, 15) is 14.4 Å². The maximum atomic E-state index is 12.3. The molecule has 1 aliphatic rings. The van der Waals surface area contributed by atoms with Crippen molar-refractivity contribution in [2.24, 2.45) is 5.73 Å². The first-order valence-electron chi connectivity index (χ1n) is 9.50. The van der Waals surface area contributed by atoms with Crippen LogP contribution in [-0.4, -0.2) is 24.4 Å². The van der Waals surface area contributed by atoms with E-state index >= 15 is 0 Å². The lowest BCUT2D eigenvalue weighted by atomic mass is 9.84. The SMILES string of the molecule is NC(=O)Nc1ccc(C(=O)OCC(=O)c2ccc(C3CCCCC3)cc2)cc1. The Balaban J connectivity index is 1.53. The van der Waals surface area contributed by atoms with Crippen LogP contribution in [0.3, 0.4) is 0 Å². The number of Topliss-reactive ketones (excluding diaryl/α,β-unsaturated/α-hetero) is 1. The molecular formula is C22H24N2O4. The minimum absolute atomic E-state index is 0.240. The summed E-state index contributed by atoms with van der Waals surface area (Å²) in [5.74, 6) is -0.254. The Bertz CT molecular complexity index is 838. The van der Waals surface area contributed by atoms with Gasteiger partial charge < -0.3 is 15.8 Å². The normalized spacial score (nSPS) is 14.3. The van der Waals surface area contributed by atoms with Crippen LogP contribution in [0.4, 0.5) is 10.5 Å². The number of ketones is 1. The van der Waals surface area contributed by atoms with E-state index in [2.05, 4.69) is 5.32 Å². The molecule has 146 valence electrons. The molecule has 1 saturated carbocycles. The molecule has 3 rings (SSSR count). The van der Waals surface area contributed by atoms with Gasteiger partial charge in [-0.25, -0.2) is 9.59 Å². The van der Waals surface area contributed by atoms with Gasteiger partial charge in [0.1, 0.15) is 0 Å². The highest BCUT2D eigenvalue weighted by Gasteiger charge is 2.16. The van der Waals surface area contributed by atoms with Gasteiger partial charge in [0.15, 0.2) is 12.4 Å². The number of primary amides is 1. The summed E-state index contributed by atoms with van der Waals surface area (Å²) in [6.07, 6.45) is 6.25. The quantitative estimate of drug-likeness (QED) is 0.578. The minimum Gasteiger partial charge on any atom is -0.454 e. The van der Waals surface area contributed by atoms with Gasteiger partial charge in [0.2, 0.25) is 0 Å². The van der Waals surface area contributed by atoms with Gasteiger partial charge in [-0.05, 0) is 48.6 Å². The van der Waals surface area contributed by atoms with Crippen molar-refractivity contribution in [3.05, 3.63) is 65.2 Å². The Labute approximate surface area is 164 Å². The number of urea groups is 1. The van der Waals surface area contributed by atoms with Crippen molar-refractivity contribution in [2.75, 3.05) is 11.9 Å². The summed E-state index contributed by atoms with van der Waals surface area (Å²) in [7, 11) is 0. The fraction of sp³-hybridized carbons (Fsp3) is 0.318. The molecule has 0 heterocycles. The number of amides is 2. The van der Waals surface area contributed by atoms with Gasteiger partial charge >= 0.3 is 12.0 Å². The summed E-state index contributed by atoms with van der Waals surface area (Å²) >= 11 is 0. The molecular weight excluding hydrogens is 356 g/mol. The van der Waals surface area contributed by atoms with E-state index in [0.717, 1.165) is 0 Å². The molecule has 6 heteroatoms. The predicted octanol–water partition coefficient (Wildman–Crippen LogP) is 4.26. The molecule has 0 atom stereocenters. The summed E-state index contributed by atoms with van der Waals surface area (Å²) in [6.45, 7) is -0.317. The maximum Gasteiger partial charge on any atom is 0.338 e. The average Bonchev–Trinajstić information content (AvgIpc) is 2.72. The number of nitrogens with two attached hydrogens (primary N) is 1. The van der Waals surface area contributed by atoms with Gasteiger partial charge in [0, 0.05) is 11.3 Å². The number of hydrogen-bond acceptors (Lipinski definition) is 4. The van der Waals surface area contributed by atoms with Gasteiger partial charge in [-0.15, -0.1) is 0 Å². The third kappa shape index (κ3) is 5.19. The number of esters is 1. The van der Waals surface area contributed by atoms with Gasteiger partial charge in [-0.2, -0.15) is 0 Å². The first kappa shape index (κ1) is 19.6. The number of rotatable bonds is 6. The van der Waals surface area contributed by atoms with E-state index in [1.165, 1.54) is 61.9 Å². The molecule has 2 aromatic carbocycles. The Hall–Kier alpha value is -3.15. The molecule has 2 amide bonds. The number of carbonyl (C=O) groups is 3. The molecule has 0 saturated heterocycles. The van der Waals surface area contributed by atoms with E-state index in [0.29, 0.717) is 17.2 Å². The van der Waals surface area contributed by atoms with Crippen molar-refractivity contribution >= 4 is 23.5 Å². The molecule has 1 fully saturated rings. The Morgan fingerprint density at radius 2 is 1.50 bits per heavy atom. The molecule has 28 heavy (non-hydrogen) atoms. The second-order valence-electron chi connectivity index (χ2n) is 7.02. The number of anilines is 1. The molecule has 2 aromatic rings. The van der Waals surface area contributed by atoms with Crippen LogP contribution in [0, 0.1) is 0 Å². The number of hydrogen-bond donors (Lipinski definition) is 2. The van der Waals surface area contributed by atoms with Gasteiger partial charge in [-0.1, -0.05) is 43.5 Å². The van der Waals surface area contributed by atoms with Crippen molar-refractivity contribution in [3.63, 3.8) is 0 Å². The van der Waals surface area contributed by atoms with Crippen LogP contribution in [0.5, 0.6) is 0 Å². The van der Waals surface area contributed by atoms with E-state index in [1.54, 1.807) is 0 Å². The zero-order chi connectivity index (χ0) is 19.9. The van der Waals surface area contributed by atoms with E-state index < -0.39 is 12.0 Å². The van der Waals surface area contributed by atoms with Crippen molar-refractivity contribution in [3.8, 4) is 0 Å². The van der Waals surface area contributed by atoms with Gasteiger partial charge in [0.05, 0.1) is 5.56 Å². The fourth-order valence-electron chi connectivity index (χ4n) is 3.51. The lowest BCUT2D eigenvalue weighted by Gasteiger charge is -2.22. The predicted molar refractivity (Wildman–Crippen MR) is 107 cm³/mol. The lowest BCUT2D eigenvalue weighted by Crippen LogP contribution is -2.19. The minimum atomic E-state index is -0.685. The first-order valence-corrected chi connectivity index (χ1v) is 9.50. The zero-order valence-corrected chi connectivity index (χ0v) is 15.6. The number of ether oxygens (including phenoxy) is 1. The van der Waals surface area contributed by atoms with Crippen LogP contribution in [0.1, 0.15) is 64.3 Å². The van der Waals surface area contributed by atoms with Crippen molar-refractivity contribution < 1.29 is 19.1 Å². The molecule has 0 spiro atoms. The van der Waals surface area contributed by atoms with Crippen LogP contribution in [-0.2, 0) is 4.74 Å². The van der Waals surface area contributed by atoms with E-state index in [1.807, 2.05) is 24.3 Å². The highest BCUT2D eigenvalue weighted by molar-refractivity contribution is 5.99. The second kappa shape index (κ2) is 9.17. The standard InChI is InChI=1S/C22H24N2O4/c23-22(27)24-19-12-10-18(11-13-19)21(26)28-14-20(25)17-8-6-16(7-9-17)15-4-2-1-3-5-15/h6-13,15H,1-5,14H2,(H3,23,24,27). The molecule has 0 radical (unpaired) electrons. The largest absolute Gasteiger partial charge is 0.454 e. The molecule has 6 nitrogen and oxygen atoms in total. The Morgan fingerprint density at radius 3 is 2.11 bits per heavy atom. The summed E-state index contributed by atoms with van der Waals surface area (Å²) in [5, 5.41) is 2.40. The molecule has 1 aliphatic carbocycles. The third-order valence-electron chi connectivity index (χ3n) is 5.03. The zero-order valence-electron chi connectivity index (χ0n) is 15.6. The van der Waals surface area contributed by atoms with Crippen LogP contribution in [0.25, 0.3) is 0 Å². The lowest BCUT2D eigenvalue weighted by molar-refractivity contribution is 0.0475. The third-order valence-corrected chi connectivity index (χ3v) is 5.03. The topological polar surface area (TPSA) is 98.5 Å². The van der Waals surface area contributed by atoms with Crippen molar-refractivity contribution in [1.82, 2.24) is 0 Å². The highest BCUT2D eigenvalue weighted by Crippen LogP contribution is 2.32. The molecule has 0 unspecified atom stereocenters. The molecule has 3 N–H and O–H groups in total. The molecule has 0 aromatic heterocycles. The average molecular weight is 380 g/mol. The fourth-order valence-corrected chi connectivity index (χ4v) is 3.51. The summed E-state index contributed by atoms with van der Waals surface area (Å²) in [6, 6.07) is 13.0. The van der Waals surface area contributed by atoms with E-state index in [4.69, 9.17) is 10.5 Å². The summed E-state index contributed by atoms with van der Waals surface area (Å²) < 4.78 is 5.11. The Kier molecular flexibility index (Phi) is 6.42. The highest BCUT2D eigenvalue weighted by atomic mass is 16.5. The monoisotopic (exact) mass is 380 g/mol. The van der Waals surface area contributed by atoms with E-state index in [-0.39, 0.29) is 18.0 Å². The summed E-state index contributed by atoms with van der Waals surface area (Å²) in [4.78, 5) is 35.2. The number of nitrogens with one attached hydrogen (secondary N) is 1. The number of carbonyl (C=O) groups excluding carboxylic acids is 3. The Morgan fingerprint density at radius 1 is 0.893 bits per heavy atom. The first-order chi connectivity index (χ1) is 13.5.